The van der Waals surface area contributed by atoms with Gasteiger partial charge < -0.3 is 31.3 Å². The molecule has 39 heavy (non-hydrogen) atoms. The summed E-state index contributed by atoms with van der Waals surface area (Å²) in [6.07, 6.45) is -1.93. The maximum Gasteiger partial charge on any atom is 0.230 e. The fourth-order valence-corrected chi connectivity index (χ4v) is 6.25. The van der Waals surface area contributed by atoms with Gasteiger partial charge in [0, 0.05) is 11.8 Å². The van der Waals surface area contributed by atoms with Gasteiger partial charge in [-0.1, -0.05) is 63.2 Å². The van der Waals surface area contributed by atoms with Crippen LogP contribution >= 0.6 is 0 Å². The number of fused-ring (bicyclic) bond motifs is 3. The Hall–Kier alpha value is -3.79. The van der Waals surface area contributed by atoms with Crippen molar-refractivity contribution in [3.8, 4) is 5.75 Å². The van der Waals surface area contributed by atoms with Crippen molar-refractivity contribution in [3.63, 3.8) is 0 Å². The Bertz CT molecular complexity index is 1460. The van der Waals surface area contributed by atoms with Crippen LogP contribution in [-0.4, -0.2) is 60.8 Å². The smallest absolute Gasteiger partial charge is 0.230 e. The first-order valence-electron chi connectivity index (χ1n) is 12.7. The van der Waals surface area contributed by atoms with Gasteiger partial charge in [-0.15, -0.1) is 0 Å². The van der Waals surface area contributed by atoms with Gasteiger partial charge in [0.05, 0.1) is 23.3 Å². The molecule has 0 aromatic heterocycles. The monoisotopic (exact) mass is 533 g/mol. The van der Waals surface area contributed by atoms with Crippen LogP contribution < -0.4 is 5.73 Å². The number of aliphatic hydroxyl groups excluding tert-OH is 3. The second kappa shape index (κ2) is 8.87. The zero-order valence-electron chi connectivity index (χ0n) is 21.8. The number of aromatic hydroxyl groups is 1. The van der Waals surface area contributed by atoms with Gasteiger partial charge in [0.25, 0.3) is 0 Å². The summed E-state index contributed by atoms with van der Waals surface area (Å²) in [5.74, 6) is -9.24. The van der Waals surface area contributed by atoms with E-state index in [1.807, 2.05) is 24.3 Å². The quantitative estimate of drug-likeness (QED) is 0.317. The number of carbonyl (C=O) groups is 3. The van der Waals surface area contributed by atoms with Crippen LogP contribution in [0.2, 0.25) is 0 Å². The van der Waals surface area contributed by atoms with Crippen LogP contribution in [0.4, 0.5) is 0 Å². The molecule has 3 aliphatic carbocycles. The molecule has 1 fully saturated rings. The summed E-state index contributed by atoms with van der Waals surface area (Å²) in [5.41, 5.74) is 4.25. The molecule has 9 heteroatoms. The second-order valence-corrected chi connectivity index (χ2v) is 11.7. The fourth-order valence-electron chi connectivity index (χ4n) is 6.25. The molecule has 0 heterocycles. The third-order valence-electron chi connectivity index (χ3n) is 8.32. The van der Waals surface area contributed by atoms with Gasteiger partial charge in [0.2, 0.25) is 5.91 Å². The van der Waals surface area contributed by atoms with Crippen LogP contribution in [0, 0.1) is 17.8 Å². The zero-order chi connectivity index (χ0) is 28.6. The second-order valence-electron chi connectivity index (χ2n) is 11.7. The third kappa shape index (κ3) is 3.83. The lowest BCUT2D eigenvalue weighted by atomic mass is 9.55. The highest BCUT2D eigenvalue weighted by Crippen LogP contribution is 2.55. The predicted molar refractivity (Wildman–Crippen MR) is 141 cm³/mol. The number of hydrogen-bond donors (Lipinski definition) is 6. The molecule has 1 amide bonds. The molecule has 0 bridgehead atoms. The van der Waals surface area contributed by atoms with E-state index in [1.54, 1.807) is 18.2 Å². The van der Waals surface area contributed by atoms with Gasteiger partial charge in [-0.3, -0.25) is 14.4 Å². The van der Waals surface area contributed by atoms with Gasteiger partial charge in [-0.2, -0.15) is 0 Å². The van der Waals surface area contributed by atoms with Crippen molar-refractivity contribution >= 4 is 29.1 Å². The Kier molecular flexibility index (Phi) is 6.10. The lowest BCUT2D eigenvalue weighted by Gasteiger charge is -2.51. The Balaban J connectivity index is 1.76. The molecular weight excluding hydrogens is 502 g/mol. The zero-order valence-corrected chi connectivity index (χ0v) is 21.8. The van der Waals surface area contributed by atoms with Crippen molar-refractivity contribution < 1.29 is 39.9 Å². The van der Waals surface area contributed by atoms with Crippen molar-refractivity contribution in [1.29, 1.82) is 0 Å². The van der Waals surface area contributed by atoms with Gasteiger partial charge in [-0.25, -0.2) is 0 Å². The SMILES string of the molecule is CC(C)(C)c1ccc(/C=C2\c3cccc(O)c3C(=O)C3=C(O)C4(O)C(=O)C(C(N)=O)C(O)CC4C(O)C32)cc1. The molecule has 0 saturated heterocycles. The number of aliphatic hydroxyl groups is 4. The van der Waals surface area contributed by atoms with Crippen molar-refractivity contribution in [2.75, 3.05) is 0 Å². The average molecular weight is 534 g/mol. The molecule has 7 N–H and O–H groups in total. The van der Waals surface area contributed by atoms with Gasteiger partial charge in [0.15, 0.2) is 17.2 Å². The third-order valence-corrected chi connectivity index (χ3v) is 8.32. The first-order valence-corrected chi connectivity index (χ1v) is 12.7. The fraction of sp³-hybridized carbons (Fsp3) is 0.367. The minimum Gasteiger partial charge on any atom is -0.508 e. The highest BCUT2D eigenvalue weighted by Gasteiger charge is 2.65. The van der Waals surface area contributed by atoms with E-state index in [0.717, 1.165) is 5.56 Å². The van der Waals surface area contributed by atoms with E-state index in [2.05, 4.69) is 20.8 Å². The average Bonchev–Trinajstić information content (AvgIpc) is 2.85. The van der Waals surface area contributed by atoms with Crippen LogP contribution in [0.25, 0.3) is 11.6 Å². The van der Waals surface area contributed by atoms with Gasteiger partial charge in [0.1, 0.15) is 17.4 Å². The predicted octanol–water partition coefficient (Wildman–Crippen LogP) is 2.01. The molecular formula is C30H31NO8. The first kappa shape index (κ1) is 26.8. The normalized spacial score (nSPS) is 31.5. The van der Waals surface area contributed by atoms with E-state index in [1.165, 1.54) is 6.07 Å². The Morgan fingerprint density at radius 2 is 1.69 bits per heavy atom. The number of benzene rings is 2. The maximum atomic E-state index is 13.7. The van der Waals surface area contributed by atoms with Crippen LogP contribution in [0.15, 0.2) is 53.8 Å². The molecule has 6 atom stereocenters. The number of amides is 1. The minimum absolute atomic E-state index is 0.0931. The van der Waals surface area contributed by atoms with Gasteiger partial charge >= 0.3 is 0 Å². The summed E-state index contributed by atoms with van der Waals surface area (Å²) in [5, 5.41) is 55.7. The molecule has 0 radical (unpaired) electrons. The number of phenols is 1. The molecule has 0 aliphatic heterocycles. The molecule has 9 nitrogen and oxygen atoms in total. The minimum atomic E-state index is -2.83. The van der Waals surface area contributed by atoms with Gasteiger partial charge in [-0.05, 0) is 40.2 Å². The molecule has 2 aromatic carbocycles. The molecule has 204 valence electrons. The van der Waals surface area contributed by atoms with E-state index in [-0.39, 0.29) is 16.7 Å². The largest absolute Gasteiger partial charge is 0.508 e. The maximum absolute atomic E-state index is 13.7. The Morgan fingerprint density at radius 1 is 1.05 bits per heavy atom. The number of primary amides is 1. The highest BCUT2D eigenvalue weighted by molar-refractivity contribution is 6.20. The molecule has 6 unspecified atom stereocenters. The van der Waals surface area contributed by atoms with Crippen LogP contribution in [0.1, 0.15) is 54.2 Å². The number of phenolic OH excluding ortho intramolecular Hbond substituents is 1. The van der Waals surface area contributed by atoms with E-state index in [0.29, 0.717) is 16.7 Å². The molecule has 5 rings (SSSR count). The number of nitrogens with two attached hydrogens (primary N) is 1. The first-order chi connectivity index (χ1) is 18.2. The van der Waals surface area contributed by atoms with E-state index >= 15 is 0 Å². The summed E-state index contributed by atoms with van der Waals surface area (Å²) in [7, 11) is 0. The molecule has 3 aliphatic rings. The topological polar surface area (TPSA) is 178 Å². The standard InChI is InChI=1S/C30H31NO8/c1-29(2,3)14-9-7-13(8-10-14)11-16-15-5-4-6-18(32)20(15)25(35)23-21(16)24(34)17-12-19(33)22(28(31)38)26(36)30(17,39)27(23)37/h4-11,17,19,21-22,24,32-34,37,39H,12H2,1-3H3,(H2,31,38)/b16-11+. The van der Waals surface area contributed by atoms with Crippen molar-refractivity contribution in [1.82, 2.24) is 0 Å². The summed E-state index contributed by atoms with van der Waals surface area (Å²) >= 11 is 0. The Labute approximate surface area is 224 Å². The summed E-state index contributed by atoms with van der Waals surface area (Å²) in [6, 6.07) is 12.1. The lowest BCUT2D eigenvalue weighted by molar-refractivity contribution is -0.177. The van der Waals surface area contributed by atoms with E-state index in [9.17, 15) is 39.9 Å². The summed E-state index contributed by atoms with van der Waals surface area (Å²) < 4.78 is 0. The molecule has 2 aromatic rings. The van der Waals surface area contributed by atoms with Crippen molar-refractivity contribution in [2.45, 2.75) is 50.4 Å². The summed E-state index contributed by atoms with van der Waals surface area (Å²) in [6.45, 7) is 6.23. The van der Waals surface area contributed by atoms with E-state index < -0.39 is 70.8 Å². The van der Waals surface area contributed by atoms with Crippen LogP contribution in [-0.2, 0) is 15.0 Å². The number of carbonyl (C=O) groups excluding carboxylic acids is 3. The van der Waals surface area contributed by atoms with Crippen molar-refractivity contribution in [3.05, 3.63) is 76.1 Å². The van der Waals surface area contributed by atoms with Crippen molar-refractivity contribution in [2.24, 2.45) is 23.5 Å². The number of ketones is 2. The molecule has 1 saturated carbocycles. The number of hydrogen-bond acceptors (Lipinski definition) is 8. The lowest BCUT2D eigenvalue weighted by Crippen LogP contribution is -2.66. The Morgan fingerprint density at radius 3 is 2.28 bits per heavy atom. The molecule has 0 spiro atoms. The number of rotatable bonds is 2. The number of Topliss-reactive ketones (excluding diaryl/α,β-unsaturated/α-hetero) is 2. The van der Waals surface area contributed by atoms with E-state index in [4.69, 9.17) is 5.73 Å². The van der Waals surface area contributed by atoms with Crippen LogP contribution in [0.3, 0.4) is 0 Å². The highest BCUT2D eigenvalue weighted by atomic mass is 16.4. The summed E-state index contributed by atoms with van der Waals surface area (Å²) in [4.78, 5) is 38.9. The van der Waals surface area contributed by atoms with Crippen LogP contribution in [0.5, 0.6) is 5.75 Å².